The second kappa shape index (κ2) is 12.7. The maximum atomic E-state index is 12.6. The SMILES string of the molecule is CN=C(NCc1ccc(OC)c(OC(F)F)c1)NCC(c1ccco1)N1CCCC1.I. The first kappa shape index (κ1) is 25.2. The van der Waals surface area contributed by atoms with E-state index in [4.69, 9.17) is 9.15 Å². The molecular weight excluding hydrogens is 521 g/mol. The van der Waals surface area contributed by atoms with Crippen LogP contribution in [0.1, 0.15) is 30.2 Å². The summed E-state index contributed by atoms with van der Waals surface area (Å²) in [6, 6.07) is 8.92. The van der Waals surface area contributed by atoms with E-state index in [0.717, 1.165) is 24.4 Å². The Morgan fingerprint density at radius 2 is 1.97 bits per heavy atom. The highest BCUT2D eigenvalue weighted by atomic mass is 127. The standard InChI is InChI=1S/C21H28F2N4O3.HI/c1-24-21(25-13-15-7-8-18(28-2)19(12-15)30-20(22)23)26-14-16(17-6-5-11-29-17)27-9-3-4-10-27;/h5-8,11-12,16,20H,3-4,9-10,13-14H2,1-2H3,(H2,24,25,26);1H. The monoisotopic (exact) mass is 550 g/mol. The topological polar surface area (TPSA) is 71.3 Å². The van der Waals surface area contributed by atoms with E-state index >= 15 is 0 Å². The number of likely N-dealkylation sites (tertiary alicyclic amines) is 1. The quantitative estimate of drug-likeness (QED) is 0.280. The zero-order valence-electron chi connectivity index (χ0n) is 17.6. The lowest BCUT2D eigenvalue weighted by Gasteiger charge is -2.26. The van der Waals surface area contributed by atoms with Crippen LogP contribution in [-0.4, -0.2) is 51.3 Å². The van der Waals surface area contributed by atoms with Gasteiger partial charge in [-0.05, 0) is 55.8 Å². The second-order valence-electron chi connectivity index (χ2n) is 6.94. The number of benzene rings is 1. The van der Waals surface area contributed by atoms with E-state index in [1.165, 1.54) is 26.0 Å². The molecule has 2 aromatic rings. The number of nitrogens with zero attached hydrogens (tertiary/aromatic N) is 2. The zero-order chi connectivity index (χ0) is 21.3. The zero-order valence-corrected chi connectivity index (χ0v) is 20.0. The smallest absolute Gasteiger partial charge is 0.387 e. The van der Waals surface area contributed by atoms with Crippen LogP contribution >= 0.6 is 24.0 Å². The van der Waals surface area contributed by atoms with Crippen molar-refractivity contribution in [1.82, 2.24) is 15.5 Å². The van der Waals surface area contributed by atoms with E-state index in [0.29, 0.717) is 19.0 Å². The molecule has 1 aromatic carbocycles. The molecule has 1 aliphatic rings. The number of halogens is 3. The Kier molecular flexibility index (Phi) is 10.3. The average molecular weight is 550 g/mol. The fourth-order valence-corrected chi connectivity index (χ4v) is 3.56. The molecule has 0 saturated carbocycles. The predicted molar refractivity (Wildman–Crippen MR) is 125 cm³/mol. The fourth-order valence-electron chi connectivity index (χ4n) is 3.56. The van der Waals surface area contributed by atoms with Crippen LogP contribution in [0.25, 0.3) is 0 Å². The van der Waals surface area contributed by atoms with Crippen LogP contribution in [0.4, 0.5) is 8.78 Å². The van der Waals surface area contributed by atoms with Crippen molar-refractivity contribution < 1.29 is 22.7 Å². The Hall–Kier alpha value is -2.08. The molecule has 1 aliphatic heterocycles. The van der Waals surface area contributed by atoms with Gasteiger partial charge >= 0.3 is 6.61 Å². The molecule has 0 bridgehead atoms. The van der Waals surface area contributed by atoms with E-state index in [1.807, 2.05) is 12.1 Å². The average Bonchev–Trinajstić information content (AvgIpc) is 3.45. The summed E-state index contributed by atoms with van der Waals surface area (Å²) >= 11 is 0. The van der Waals surface area contributed by atoms with Crippen molar-refractivity contribution >= 4 is 29.9 Å². The summed E-state index contributed by atoms with van der Waals surface area (Å²) in [5, 5.41) is 6.54. The summed E-state index contributed by atoms with van der Waals surface area (Å²) in [7, 11) is 3.10. The van der Waals surface area contributed by atoms with Gasteiger partial charge in [-0.25, -0.2) is 0 Å². The number of guanidine groups is 1. The molecule has 3 rings (SSSR count). The minimum atomic E-state index is -2.92. The van der Waals surface area contributed by atoms with Crippen molar-refractivity contribution in [3.8, 4) is 11.5 Å². The normalized spacial score (nSPS) is 15.5. The van der Waals surface area contributed by atoms with E-state index in [-0.39, 0.29) is 41.5 Å². The molecule has 10 heteroatoms. The number of alkyl halides is 2. The van der Waals surface area contributed by atoms with E-state index < -0.39 is 6.61 Å². The van der Waals surface area contributed by atoms with Crippen molar-refractivity contribution in [2.24, 2.45) is 4.99 Å². The molecule has 2 N–H and O–H groups in total. The third kappa shape index (κ3) is 7.23. The van der Waals surface area contributed by atoms with Crippen molar-refractivity contribution in [3.05, 3.63) is 47.9 Å². The first-order valence-corrected chi connectivity index (χ1v) is 9.94. The Morgan fingerprint density at radius 1 is 1.19 bits per heavy atom. The molecule has 31 heavy (non-hydrogen) atoms. The van der Waals surface area contributed by atoms with Crippen molar-refractivity contribution in [1.29, 1.82) is 0 Å². The van der Waals surface area contributed by atoms with Gasteiger partial charge in [-0.15, -0.1) is 24.0 Å². The maximum Gasteiger partial charge on any atom is 0.387 e. The van der Waals surface area contributed by atoms with Crippen LogP contribution in [0, 0.1) is 0 Å². The van der Waals surface area contributed by atoms with E-state index in [1.54, 1.807) is 25.4 Å². The largest absolute Gasteiger partial charge is 0.493 e. The number of aliphatic imine (C=N–C) groups is 1. The third-order valence-corrected chi connectivity index (χ3v) is 5.04. The van der Waals surface area contributed by atoms with Crippen LogP contribution in [0.5, 0.6) is 11.5 Å². The molecule has 172 valence electrons. The fraction of sp³-hybridized carbons (Fsp3) is 0.476. The van der Waals surface area contributed by atoms with Gasteiger partial charge in [0.15, 0.2) is 17.5 Å². The van der Waals surface area contributed by atoms with E-state index in [9.17, 15) is 8.78 Å². The molecule has 0 spiro atoms. The van der Waals surface area contributed by atoms with Gasteiger partial charge in [-0.1, -0.05) is 6.07 Å². The number of rotatable bonds is 9. The summed E-state index contributed by atoms with van der Waals surface area (Å²) in [5.74, 6) is 1.79. The molecule has 1 atom stereocenters. The Balaban J connectivity index is 0.00000341. The molecule has 0 radical (unpaired) electrons. The second-order valence-corrected chi connectivity index (χ2v) is 6.94. The van der Waals surface area contributed by atoms with Crippen LogP contribution in [0.2, 0.25) is 0 Å². The molecule has 1 aromatic heterocycles. The van der Waals surface area contributed by atoms with Crippen LogP contribution in [0.15, 0.2) is 46.0 Å². The number of hydrogen-bond donors (Lipinski definition) is 2. The Bertz CT molecular complexity index is 815. The van der Waals surface area contributed by atoms with Crippen molar-refractivity contribution in [2.75, 3.05) is 33.8 Å². The number of ether oxygens (including phenoxy) is 2. The molecule has 1 unspecified atom stereocenters. The predicted octanol–water partition coefficient (Wildman–Crippen LogP) is 4.01. The van der Waals surface area contributed by atoms with Gasteiger partial charge in [0.05, 0.1) is 19.4 Å². The Morgan fingerprint density at radius 3 is 2.58 bits per heavy atom. The molecule has 0 amide bonds. The van der Waals surface area contributed by atoms with Gasteiger partial charge in [0.25, 0.3) is 0 Å². The van der Waals surface area contributed by atoms with Gasteiger partial charge in [0, 0.05) is 20.1 Å². The summed E-state index contributed by atoms with van der Waals surface area (Å²) in [4.78, 5) is 6.66. The number of nitrogens with one attached hydrogen (secondary N) is 2. The Labute approximate surface area is 198 Å². The summed E-state index contributed by atoms with van der Waals surface area (Å²) in [5.41, 5.74) is 0.761. The summed E-state index contributed by atoms with van der Waals surface area (Å²) < 4.78 is 40.5. The molecule has 1 saturated heterocycles. The van der Waals surface area contributed by atoms with Crippen molar-refractivity contribution in [3.63, 3.8) is 0 Å². The van der Waals surface area contributed by atoms with Crippen LogP contribution in [0.3, 0.4) is 0 Å². The third-order valence-electron chi connectivity index (χ3n) is 5.04. The minimum absolute atomic E-state index is 0. The summed E-state index contributed by atoms with van der Waals surface area (Å²) in [6.07, 6.45) is 4.06. The van der Waals surface area contributed by atoms with Gasteiger partial charge in [0.1, 0.15) is 5.76 Å². The lowest BCUT2D eigenvalue weighted by atomic mass is 10.2. The van der Waals surface area contributed by atoms with Gasteiger partial charge in [-0.2, -0.15) is 8.78 Å². The molecule has 2 heterocycles. The highest BCUT2D eigenvalue weighted by Crippen LogP contribution is 2.29. The maximum absolute atomic E-state index is 12.6. The van der Waals surface area contributed by atoms with E-state index in [2.05, 4.69) is 25.3 Å². The van der Waals surface area contributed by atoms with Gasteiger partial charge < -0.3 is 24.5 Å². The highest BCUT2D eigenvalue weighted by molar-refractivity contribution is 14.0. The number of methoxy groups -OCH3 is 1. The molecular formula is C21H29F2IN4O3. The van der Waals surface area contributed by atoms with Crippen LogP contribution in [-0.2, 0) is 6.54 Å². The molecule has 0 aliphatic carbocycles. The highest BCUT2D eigenvalue weighted by Gasteiger charge is 2.25. The first-order chi connectivity index (χ1) is 14.6. The number of furan rings is 1. The lowest BCUT2D eigenvalue weighted by molar-refractivity contribution is -0.0512. The van der Waals surface area contributed by atoms with Crippen LogP contribution < -0.4 is 20.1 Å². The first-order valence-electron chi connectivity index (χ1n) is 9.94. The van der Waals surface area contributed by atoms with Gasteiger partial charge in [-0.3, -0.25) is 9.89 Å². The minimum Gasteiger partial charge on any atom is -0.493 e. The van der Waals surface area contributed by atoms with Crippen molar-refractivity contribution in [2.45, 2.75) is 32.0 Å². The number of hydrogen-bond acceptors (Lipinski definition) is 5. The lowest BCUT2D eigenvalue weighted by Crippen LogP contribution is -2.42. The molecule has 1 fully saturated rings. The molecule has 7 nitrogen and oxygen atoms in total. The van der Waals surface area contributed by atoms with Gasteiger partial charge in [0.2, 0.25) is 0 Å². The summed E-state index contributed by atoms with van der Waals surface area (Å²) in [6.45, 7) is 0.185.